The first-order chi connectivity index (χ1) is 9.16. The maximum absolute atomic E-state index is 13.1. The Balaban J connectivity index is 0.000000861. The summed E-state index contributed by atoms with van der Waals surface area (Å²) >= 11 is 4.25. The van der Waals surface area contributed by atoms with Crippen molar-refractivity contribution in [2.45, 2.75) is 6.61 Å². The second-order valence-electron chi connectivity index (χ2n) is 3.39. The van der Waals surface area contributed by atoms with Crippen molar-refractivity contribution in [2.24, 2.45) is 0 Å². The van der Waals surface area contributed by atoms with Crippen LogP contribution in [0, 0.1) is 23.5 Å². The third kappa shape index (κ3) is 4.96. The Kier molecular flexibility index (Phi) is 7.10. The van der Waals surface area contributed by atoms with Crippen LogP contribution in [0.1, 0.15) is 5.56 Å². The van der Waals surface area contributed by atoms with Gasteiger partial charge in [-0.05, 0) is 17.7 Å². The Morgan fingerprint density at radius 2 is 1.79 bits per heavy atom. The van der Waals surface area contributed by atoms with Crippen molar-refractivity contribution < 1.29 is 34.3 Å². The second kappa shape index (κ2) is 8.33. The van der Waals surface area contributed by atoms with Crippen LogP contribution in [0.4, 0.5) is 13.2 Å². The normalized spacial score (nSPS) is 9.58. The van der Waals surface area contributed by atoms with E-state index in [9.17, 15) is 13.2 Å². The van der Waals surface area contributed by atoms with Crippen molar-refractivity contribution in [3.8, 4) is 5.75 Å². The summed E-state index contributed by atoms with van der Waals surface area (Å²) in [6, 6.07) is 10.0. The van der Waals surface area contributed by atoms with Crippen LogP contribution >= 0.6 is 13.6 Å². The third-order valence-corrected chi connectivity index (χ3v) is 2.15. The molecule has 0 heterocycles. The Morgan fingerprint density at radius 1 is 1.05 bits per heavy atom. The quantitative estimate of drug-likeness (QED) is 0.567. The molecule has 0 aromatic heterocycles. The molecule has 0 radical (unpaired) electrons. The summed E-state index contributed by atoms with van der Waals surface area (Å²) in [5, 5.41) is 0. The number of hydrogen-bond donors (Lipinski definition) is 0. The van der Waals surface area contributed by atoms with Gasteiger partial charge in [0.15, 0.2) is 11.6 Å². The zero-order valence-corrected chi connectivity index (χ0v) is 14.4. The fraction of sp³-hybridized carbons (Fsp3) is 0.0769. The van der Waals surface area contributed by atoms with Crippen LogP contribution in [0.2, 0.25) is 0 Å². The van der Waals surface area contributed by atoms with Crippen LogP contribution in [0.25, 0.3) is 0 Å². The molecule has 0 aliphatic carbocycles. The summed E-state index contributed by atoms with van der Waals surface area (Å²) in [7, 11) is 0. The van der Waals surface area contributed by atoms with Gasteiger partial charge in [0.1, 0.15) is 6.61 Å². The van der Waals surface area contributed by atoms with Gasteiger partial charge in [-0.25, -0.2) is 8.78 Å². The Bertz CT molecular complexity index is 537. The van der Waals surface area contributed by atoms with Gasteiger partial charge in [0.25, 0.3) is 0 Å². The van der Waals surface area contributed by atoms with E-state index in [4.69, 9.17) is 4.74 Å². The molecule has 0 unspecified atom stereocenters. The first-order valence-corrected chi connectivity index (χ1v) is 12.1. The molecule has 0 aliphatic rings. The van der Waals surface area contributed by atoms with Crippen molar-refractivity contribution in [3.63, 3.8) is 0 Å². The molecule has 0 saturated carbocycles. The summed E-state index contributed by atoms with van der Waals surface area (Å²) in [5.41, 5.74) is 0.427. The predicted octanol–water partition coefficient (Wildman–Crippen LogP) is 4.33. The van der Waals surface area contributed by atoms with E-state index >= 15 is 0 Å². The zero-order valence-electron chi connectivity index (χ0n) is 9.80. The average molecular weight is 382 g/mol. The van der Waals surface area contributed by atoms with Crippen molar-refractivity contribution in [3.05, 3.63) is 65.5 Å². The number of ether oxygens (including phenoxy) is 1. The van der Waals surface area contributed by atoms with Gasteiger partial charge in [-0.15, -0.1) is 12.1 Å². The molecule has 2 rings (SSSR count). The standard InChI is InChI=1S/C13H8F3O.BrH.Zn/c14-10-6-5-9(7-12(10)16)8-17-13-4-2-1-3-11(13)15;;/h2-7H,8H2;1H;/q-1;;+2/p-1. The van der Waals surface area contributed by atoms with Crippen LogP contribution in [0.5, 0.6) is 5.75 Å². The van der Waals surface area contributed by atoms with E-state index in [1.54, 1.807) is 0 Å². The van der Waals surface area contributed by atoms with Gasteiger partial charge in [0, 0.05) is 11.6 Å². The van der Waals surface area contributed by atoms with E-state index in [-0.39, 0.29) is 12.4 Å². The average Bonchev–Trinajstić information content (AvgIpc) is 2.44. The maximum atomic E-state index is 13.1. The molecular formula is C13H8BrF3OZn. The Hall–Kier alpha value is -0.867. The van der Waals surface area contributed by atoms with Crippen molar-refractivity contribution >= 4 is 13.6 Å². The Labute approximate surface area is 125 Å². The van der Waals surface area contributed by atoms with Gasteiger partial charge < -0.3 is 4.74 Å². The summed E-state index contributed by atoms with van der Waals surface area (Å²) < 4.78 is 43.8. The molecule has 0 bridgehead atoms. The summed E-state index contributed by atoms with van der Waals surface area (Å²) in [6.45, 7) is -0.0296. The zero-order chi connectivity index (χ0) is 14.3. The molecule has 0 aliphatic heterocycles. The molecule has 0 fully saturated rings. The van der Waals surface area contributed by atoms with Gasteiger partial charge in [0.05, 0.1) is 0 Å². The van der Waals surface area contributed by atoms with Crippen molar-refractivity contribution in [1.82, 2.24) is 0 Å². The van der Waals surface area contributed by atoms with E-state index in [1.807, 2.05) is 0 Å². The van der Waals surface area contributed by atoms with Gasteiger partial charge in [-0.1, -0.05) is 6.07 Å². The number of hydrogen-bond acceptors (Lipinski definition) is 1. The van der Waals surface area contributed by atoms with E-state index in [1.165, 1.54) is 34.5 Å². The number of halogens is 4. The molecule has 1 nitrogen and oxygen atoms in total. The fourth-order valence-electron chi connectivity index (χ4n) is 1.30. The van der Waals surface area contributed by atoms with E-state index in [2.05, 4.69) is 19.7 Å². The van der Waals surface area contributed by atoms with Crippen molar-refractivity contribution in [1.29, 1.82) is 0 Å². The molecule has 19 heavy (non-hydrogen) atoms. The summed E-state index contributed by atoms with van der Waals surface area (Å²) in [6.07, 6.45) is 0. The molecule has 0 saturated heterocycles. The van der Waals surface area contributed by atoms with Crippen LogP contribution in [-0.4, -0.2) is 0 Å². The second-order valence-corrected chi connectivity index (χ2v) is 3.39. The van der Waals surface area contributed by atoms with Gasteiger partial charge in [-0.2, -0.15) is 12.1 Å². The van der Waals surface area contributed by atoms with Crippen LogP contribution in [0.15, 0.2) is 36.4 Å². The number of rotatable bonds is 3. The van der Waals surface area contributed by atoms with E-state index in [0.717, 1.165) is 18.2 Å². The molecule has 96 valence electrons. The molecule has 0 atom stereocenters. The molecule has 2 aromatic rings. The van der Waals surface area contributed by atoms with Crippen LogP contribution in [-0.2, 0) is 22.9 Å². The molecule has 6 heteroatoms. The minimum atomic E-state index is -0.951. The molecule has 0 spiro atoms. The van der Waals surface area contributed by atoms with Gasteiger partial charge in [0.2, 0.25) is 0 Å². The molecule has 2 aromatic carbocycles. The van der Waals surface area contributed by atoms with Gasteiger partial charge in [-0.3, -0.25) is 4.39 Å². The topological polar surface area (TPSA) is 9.23 Å². The van der Waals surface area contributed by atoms with E-state index in [0.29, 0.717) is 5.56 Å². The van der Waals surface area contributed by atoms with E-state index < -0.39 is 17.5 Å². The Morgan fingerprint density at radius 3 is 2.42 bits per heavy atom. The SMILES string of the molecule is Fc1ccc(COc2cc[c-]cc2F)cc1F.[Zn+][Br]. The van der Waals surface area contributed by atoms with Crippen molar-refractivity contribution in [2.75, 3.05) is 0 Å². The fourth-order valence-corrected chi connectivity index (χ4v) is 1.30. The molecule has 0 N–H and O–H groups in total. The van der Waals surface area contributed by atoms with Gasteiger partial charge >= 0.3 is 30.0 Å². The number of benzene rings is 2. The predicted molar refractivity (Wildman–Crippen MR) is 64.9 cm³/mol. The van der Waals surface area contributed by atoms with Crippen LogP contribution in [0.3, 0.4) is 0 Å². The monoisotopic (exact) mass is 380 g/mol. The third-order valence-electron chi connectivity index (χ3n) is 2.15. The summed E-state index contributed by atoms with van der Waals surface area (Å²) in [5.74, 6) is -2.37. The van der Waals surface area contributed by atoms with Crippen LogP contribution < -0.4 is 4.74 Å². The first kappa shape index (κ1) is 16.2. The minimum absolute atomic E-state index is 0.0296. The first-order valence-electron chi connectivity index (χ1n) is 5.16. The molecular weight excluding hydrogens is 374 g/mol. The summed E-state index contributed by atoms with van der Waals surface area (Å²) in [4.78, 5) is 0. The molecule has 0 amide bonds.